The molecule has 1 aliphatic rings. The zero-order chi connectivity index (χ0) is 13.8. The minimum absolute atomic E-state index is 0.567. The maximum absolute atomic E-state index is 6.08. The van der Waals surface area contributed by atoms with Gasteiger partial charge in [0.25, 0.3) is 0 Å². The third-order valence-electron chi connectivity index (χ3n) is 2.98. The molecule has 1 aromatic rings. The standard InChI is InChI=1S/C13H16Cl2N2S2/c1-2-3-6-16-8-17(13(18)19-9-16)10-4-5-11(14)12(15)7-10/h4-5,7H,2-3,6,8-9H2,1H3. The zero-order valence-electron chi connectivity index (χ0n) is 10.7. The van der Waals surface area contributed by atoms with Crippen LogP contribution in [-0.4, -0.2) is 28.3 Å². The average molecular weight is 335 g/mol. The number of hydrogen-bond acceptors (Lipinski definition) is 3. The summed E-state index contributed by atoms with van der Waals surface area (Å²) in [5, 5.41) is 1.14. The summed E-state index contributed by atoms with van der Waals surface area (Å²) >= 11 is 19.2. The normalized spacial score (nSPS) is 17.0. The Morgan fingerprint density at radius 1 is 1.32 bits per heavy atom. The minimum atomic E-state index is 0.567. The lowest BCUT2D eigenvalue weighted by atomic mass is 10.3. The molecule has 0 bridgehead atoms. The van der Waals surface area contributed by atoms with E-state index < -0.39 is 0 Å². The summed E-state index contributed by atoms with van der Waals surface area (Å²) in [6.07, 6.45) is 2.42. The number of unbranched alkanes of at least 4 members (excludes halogenated alkanes) is 1. The van der Waals surface area contributed by atoms with Crippen LogP contribution in [0.4, 0.5) is 5.69 Å². The van der Waals surface area contributed by atoms with Crippen LogP contribution in [0.25, 0.3) is 0 Å². The second kappa shape index (κ2) is 7.14. The molecule has 2 rings (SSSR count). The van der Waals surface area contributed by atoms with E-state index in [2.05, 4.69) is 16.7 Å². The largest absolute Gasteiger partial charge is 0.314 e. The number of hydrogen-bond donors (Lipinski definition) is 0. The van der Waals surface area contributed by atoms with Crippen molar-refractivity contribution in [2.24, 2.45) is 0 Å². The first-order valence-corrected chi connectivity index (χ1v) is 8.38. The van der Waals surface area contributed by atoms with Crippen molar-refractivity contribution < 1.29 is 0 Å². The molecule has 0 N–H and O–H groups in total. The molecule has 0 aliphatic carbocycles. The number of thioether (sulfide) groups is 1. The number of benzene rings is 1. The van der Waals surface area contributed by atoms with Gasteiger partial charge in [0.15, 0.2) is 0 Å². The highest BCUT2D eigenvalue weighted by Gasteiger charge is 2.22. The first-order valence-electron chi connectivity index (χ1n) is 6.23. The van der Waals surface area contributed by atoms with Crippen LogP contribution in [0.2, 0.25) is 10.0 Å². The Kier molecular flexibility index (Phi) is 5.78. The van der Waals surface area contributed by atoms with E-state index >= 15 is 0 Å². The van der Waals surface area contributed by atoms with E-state index in [1.54, 1.807) is 11.8 Å². The third-order valence-corrected chi connectivity index (χ3v) is 5.25. The molecule has 1 saturated heterocycles. The summed E-state index contributed by atoms with van der Waals surface area (Å²) in [5.74, 6) is 0.969. The lowest BCUT2D eigenvalue weighted by Crippen LogP contribution is -2.45. The summed E-state index contributed by atoms with van der Waals surface area (Å²) in [7, 11) is 0. The average Bonchev–Trinajstić information content (AvgIpc) is 2.41. The van der Waals surface area contributed by atoms with Crippen molar-refractivity contribution in [3.05, 3.63) is 28.2 Å². The Morgan fingerprint density at radius 3 is 2.79 bits per heavy atom. The van der Waals surface area contributed by atoms with Crippen LogP contribution >= 0.6 is 47.2 Å². The smallest absolute Gasteiger partial charge is 0.143 e. The van der Waals surface area contributed by atoms with E-state index in [-0.39, 0.29) is 0 Å². The molecule has 104 valence electrons. The van der Waals surface area contributed by atoms with Crippen molar-refractivity contribution in [3.8, 4) is 0 Å². The molecule has 1 aromatic carbocycles. The predicted molar refractivity (Wildman–Crippen MR) is 90.5 cm³/mol. The van der Waals surface area contributed by atoms with Crippen molar-refractivity contribution in [2.45, 2.75) is 19.8 Å². The van der Waals surface area contributed by atoms with Crippen LogP contribution in [0.3, 0.4) is 0 Å². The zero-order valence-corrected chi connectivity index (χ0v) is 13.9. The molecule has 0 aromatic heterocycles. The molecule has 0 radical (unpaired) electrons. The number of rotatable bonds is 4. The van der Waals surface area contributed by atoms with Gasteiger partial charge in [-0.1, -0.05) is 60.5 Å². The highest BCUT2D eigenvalue weighted by Crippen LogP contribution is 2.31. The molecule has 0 spiro atoms. The Labute approximate surface area is 134 Å². The van der Waals surface area contributed by atoms with Crippen molar-refractivity contribution in [1.82, 2.24) is 4.90 Å². The minimum Gasteiger partial charge on any atom is -0.314 e. The number of nitrogens with zero attached hydrogens (tertiary/aromatic N) is 2. The van der Waals surface area contributed by atoms with Gasteiger partial charge in [-0.15, -0.1) is 0 Å². The van der Waals surface area contributed by atoms with Crippen molar-refractivity contribution >= 4 is 57.2 Å². The highest BCUT2D eigenvalue weighted by molar-refractivity contribution is 8.23. The fourth-order valence-electron chi connectivity index (χ4n) is 1.88. The second-order valence-electron chi connectivity index (χ2n) is 4.46. The molecule has 0 unspecified atom stereocenters. The SMILES string of the molecule is CCCCN1CSC(=S)N(c2ccc(Cl)c(Cl)c2)C1. The molecule has 19 heavy (non-hydrogen) atoms. The van der Waals surface area contributed by atoms with E-state index in [0.29, 0.717) is 10.0 Å². The van der Waals surface area contributed by atoms with Gasteiger partial charge in [-0.3, -0.25) is 4.90 Å². The second-order valence-corrected chi connectivity index (χ2v) is 6.85. The first kappa shape index (κ1) is 15.4. The monoisotopic (exact) mass is 334 g/mol. The van der Waals surface area contributed by atoms with Gasteiger partial charge in [0.1, 0.15) is 4.32 Å². The molecule has 0 atom stereocenters. The summed E-state index contributed by atoms with van der Waals surface area (Å²) in [6.45, 7) is 4.13. The van der Waals surface area contributed by atoms with Gasteiger partial charge in [0.2, 0.25) is 0 Å². The topological polar surface area (TPSA) is 6.48 Å². The summed E-state index contributed by atoms with van der Waals surface area (Å²) in [5.41, 5.74) is 1.01. The van der Waals surface area contributed by atoms with E-state index in [0.717, 1.165) is 29.1 Å². The highest BCUT2D eigenvalue weighted by atomic mass is 35.5. The Morgan fingerprint density at radius 2 is 2.11 bits per heavy atom. The van der Waals surface area contributed by atoms with Gasteiger partial charge >= 0.3 is 0 Å². The number of halogens is 2. The number of thiocarbonyl (C=S) groups is 1. The van der Waals surface area contributed by atoms with E-state index in [9.17, 15) is 0 Å². The van der Waals surface area contributed by atoms with Gasteiger partial charge < -0.3 is 4.90 Å². The van der Waals surface area contributed by atoms with Gasteiger partial charge in [0.05, 0.1) is 22.6 Å². The van der Waals surface area contributed by atoms with Crippen molar-refractivity contribution in [2.75, 3.05) is 24.0 Å². The van der Waals surface area contributed by atoms with Gasteiger partial charge in [-0.2, -0.15) is 0 Å². The molecule has 0 amide bonds. The Hall–Kier alpha value is -0.0000000000000000555. The summed E-state index contributed by atoms with van der Waals surface area (Å²) in [4.78, 5) is 4.51. The fraction of sp³-hybridized carbons (Fsp3) is 0.462. The van der Waals surface area contributed by atoms with Crippen LogP contribution in [-0.2, 0) is 0 Å². The predicted octanol–water partition coefficient (Wildman–Crippen LogP) is 4.85. The summed E-state index contributed by atoms with van der Waals surface area (Å²) < 4.78 is 0.895. The number of anilines is 1. The molecule has 2 nitrogen and oxygen atoms in total. The lowest BCUT2D eigenvalue weighted by molar-refractivity contribution is 0.323. The molecular weight excluding hydrogens is 319 g/mol. The first-order chi connectivity index (χ1) is 9.11. The fourth-order valence-corrected chi connectivity index (χ4v) is 3.32. The third kappa shape index (κ3) is 3.99. The maximum Gasteiger partial charge on any atom is 0.143 e. The Bertz CT molecular complexity index is 468. The van der Waals surface area contributed by atoms with Crippen molar-refractivity contribution in [3.63, 3.8) is 0 Å². The summed E-state index contributed by atoms with van der Waals surface area (Å²) in [6, 6.07) is 5.65. The van der Waals surface area contributed by atoms with Gasteiger partial charge in [-0.05, 0) is 24.6 Å². The van der Waals surface area contributed by atoms with E-state index in [1.165, 1.54) is 12.8 Å². The molecular formula is C13H16Cl2N2S2. The van der Waals surface area contributed by atoms with Gasteiger partial charge in [0, 0.05) is 12.2 Å². The molecule has 1 heterocycles. The molecule has 1 aliphatic heterocycles. The quantitative estimate of drug-likeness (QED) is 0.726. The molecule has 1 fully saturated rings. The molecule has 6 heteroatoms. The van der Waals surface area contributed by atoms with Crippen LogP contribution in [0.5, 0.6) is 0 Å². The van der Waals surface area contributed by atoms with Gasteiger partial charge in [-0.25, -0.2) is 0 Å². The maximum atomic E-state index is 6.08. The van der Waals surface area contributed by atoms with Crippen LogP contribution in [0, 0.1) is 0 Å². The molecule has 0 saturated carbocycles. The van der Waals surface area contributed by atoms with Crippen LogP contribution in [0.1, 0.15) is 19.8 Å². The van der Waals surface area contributed by atoms with E-state index in [1.807, 2.05) is 18.2 Å². The Balaban J connectivity index is 2.11. The van der Waals surface area contributed by atoms with E-state index in [4.69, 9.17) is 35.4 Å². The van der Waals surface area contributed by atoms with Crippen molar-refractivity contribution in [1.29, 1.82) is 0 Å². The van der Waals surface area contributed by atoms with Crippen LogP contribution in [0.15, 0.2) is 18.2 Å². The van der Waals surface area contributed by atoms with Crippen LogP contribution < -0.4 is 4.90 Å². The lowest BCUT2D eigenvalue weighted by Gasteiger charge is -2.36.